The van der Waals surface area contributed by atoms with Gasteiger partial charge in [0.05, 0.1) is 25.6 Å². The SMILES string of the molecule is CCCC=CCCOc1cnc(-c2ccc(OCCCCOCCC)cc2)nc1. The highest BCUT2D eigenvalue weighted by molar-refractivity contribution is 5.56. The Hall–Kier alpha value is -2.40. The van der Waals surface area contributed by atoms with Crippen LogP contribution in [0.15, 0.2) is 48.8 Å². The zero-order valence-electron chi connectivity index (χ0n) is 17.8. The predicted octanol–water partition coefficient (Wildman–Crippen LogP) is 5.85. The average molecular weight is 399 g/mol. The minimum Gasteiger partial charge on any atom is -0.494 e. The van der Waals surface area contributed by atoms with E-state index < -0.39 is 0 Å². The molecule has 0 bridgehead atoms. The first kappa shape index (κ1) is 22.9. The van der Waals surface area contributed by atoms with Gasteiger partial charge in [-0.1, -0.05) is 32.4 Å². The van der Waals surface area contributed by atoms with E-state index in [1.807, 2.05) is 24.3 Å². The van der Waals surface area contributed by atoms with Crippen LogP contribution in [-0.4, -0.2) is 36.4 Å². The van der Waals surface area contributed by atoms with E-state index in [0.29, 0.717) is 24.8 Å². The Bertz CT molecular complexity index is 684. The van der Waals surface area contributed by atoms with E-state index in [1.54, 1.807) is 12.4 Å². The van der Waals surface area contributed by atoms with Crippen LogP contribution in [0.25, 0.3) is 11.4 Å². The molecule has 1 heterocycles. The number of rotatable bonds is 15. The van der Waals surface area contributed by atoms with Gasteiger partial charge in [0.25, 0.3) is 0 Å². The van der Waals surface area contributed by atoms with Gasteiger partial charge in [0.2, 0.25) is 0 Å². The maximum atomic E-state index is 5.78. The third-order valence-corrected chi connectivity index (χ3v) is 4.22. The molecule has 0 aliphatic carbocycles. The van der Waals surface area contributed by atoms with Crippen molar-refractivity contribution >= 4 is 0 Å². The molecule has 0 saturated carbocycles. The van der Waals surface area contributed by atoms with Gasteiger partial charge in [0, 0.05) is 18.8 Å². The zero-order chi connectivity index (χ0) is 20.6. The second-order valence-electron chi connectivity index (χ2n) is 6.83. The summed E-state index contributed by atoms with van der Waals surface area (Å²) in [6, 6.07) is 7.88. The lowest BCUT2D eigenvalue weighted by Crippen LogP contribution is -2.01. The van der Waals surface area contributed by atoms with E-state index in [-0.39, 0.29) is 0 Å². The standard InChI is InChI=1S/C24H34N2O3/c1-3-5-6-7-8-17-29-23-19-25-24(26-20-23)21-11-13-22(14-12-21)28-18-10-9-16-27-15-4-2/h6-7,11-14,19-20H,3-5,8-10,15-18H2,1-2H3. The van der Waals surface area contributed by atoms with Crippen LogP contribution in [0.4, 0.5) is 0 Å². The van der Waals surface area contributed by atoms with Gasteiger partial charge >= 0.3 is 0 Å². The monoisotopic (exact) mass is 398 g/mol. The highest BCUT2D eigenvalue weighted by Crippen LogP contribution is 2.20. The van der Waals surface area contributed by atoms with Crippen molar-refractivity contribution in [3.05, 3.63) is 48.8 Å². The molecule has 0 radical (unpaired) electrons. The highest BCUT2D eigenvalue weighted by Gasteiger charge is 2.03. The molecule has 158 valence electrons. The first-order valence-electron chi connectivity index (χ1n) is 10.7. The Morgan fingerprint density at radius 3 is 2.14 bits per heavy atom. The second kappa shape index (κ2) is 14.6. The lowest BCUT2D eigenvalue weighted by molar-refractivity contribution is 0.127. The molecule has 0 spiro atoms. The Labute approximate surface area is 175 Å². The quantitative estimate of drug-likeness (QED) is 0.278. The molecule has 0 atom stereocenters. The fraction of sp³-hybridized carbons (Fsp3) is 0.500. The third-order valence-electron chi connectivity index (χ3n) is 4.22. The second-order valence-corrected chi connectivity index (χ2v) is 6.83. The third kappa shape index (κ3) is 9.57. The van der Waals surface area contributed by atoms with E-state index in [2.05, 4.69) is 36.0 Å². The number of ether oxygens (including phenoxy) is 3. The summed E-state index contributed by atoms with van der Waals surface area (Å²) >= 11 is 0. The van der Waals surface area contributed by atoms with Crippen molar-refractivity contribution < 1.29 is 14.2 Å². The van der Waals surface area contributed by atoms with Gasteiger partial charge in [-0.2, -0.15) is 0 Å². The number of nitrogens with zero attached hydrogens (tertiary/aromatic N) is 2. The summed E-state index contributed by atoms with van der Waals surface area (Å²) in [4.78, 5) is 8.82. The summed E-state index contributed by atoms with van der Waals surface area (Å²) in [7, 11) is 0. The fourth-order valence-electron chi connectivity index (χ4n) is 2.63. The van der Waals surface area contributed by atoms with E-state index in [4.69, 9.17) is 14.2 Å². The lowest BCUT2D eigenvalue weighted by atomic mass is 10.2. The molecule has 2 rings (SSSR count). The number of unbranched alkanes of at least 4 members (excludes halogenated alkanes) is 2. The minimum atomic E-state index is 0.639. The molecule has 2 aromatic rings. The van der Waals surface area contributed by atoms with Crippen LogP contribution in [-0.2, 0) is 4.74 Å². The van der Waals surface area contributed by atoms with Crippen LogP contribution in [0.2, 0.25) is 0 Å². The van der Waals surface area contributed by atoms with Gasteiger partial charge in [-0.15, -0.1) is 0 Å². The molecule has 1 aromatic heterocycles. The maximum absolute atomic E-state index is 5.78. The average Bonchev–Trinajstić information content (AvgIpc) is 2.76. The fourth-order valence-corrected chi connectivity index (χ4v) is 2.63. The molecule has 0 N–H and O–H groups in total. The topological polar surface area (TPSA) is 53.5 Å². The van der Waals surface area contributed by atoms with Crippen molar-refractivity contribution in [2.75, 3.05) is 26.4 Å². The summed E-state index contributed by atoms with van der Waals surface area (Å²) in [5, 5.41) is 0. The van der Waals surface area contributed by atoms with Crippen molar-refractivity contribution in [3.8, 4) is 22.9 Å². The van der Waals surface area contributed by atoms with Crippen LogP contribution in [0, 0.1) is 0 Å². The van der Waals surface area contributed by atoms with Gasteiger partial charge in [-0.3, -0.25) is 0 Å². The predicted molar refractivity (Wildman–Crippen MR) is 117 cm³/mol. The smallest absolute Gasteiger partial charge is 0.159 e. The van der Waals surface area contributed by atoms with Crippen molar-refractivity contribution in [1.82, 2.24) is 9.97 Å². The first-order valence-corrected chi connectivity index (χ1v) is 10.7. The van der Waals surface area contributed by atoms with Gasteiger partial charge in [-0.05, 0) is 56.4 Å². The maximum Gasteiger partial charge on any atom is 0.159 e. The van der Waals surface area contributed by atoms with Crippen molar-refractivity contribution in [2.45, 2.75) is 52.4 Å². The molecular weight excluding hydrogens is 364 g/mol. The minimum absolute atomic E-state index is 0.639. The molecule has 0 aliphatic heterocycles. The van der Waals surface area contributed by atoms with E-state index >= 15 is 0 Å². The van der Waals surface area contributed by atoms with Gasteiger partial charge < -0.3 is 14.2 Å². The van der Waals surface area contributed by atoms with Crippen molar-refractivity contribution in [2.24, 2.45) is 0 Å². The molecule has 0 unspecified atom stereocenters. The van der Waals surface area contributed by atoms with E-state index in [1.165, 1.54) is 6.42 Å². The van der Waals surface area contributed by atoms with E-state index in [0.717, 1.165) is 56.6 Å². The lowest BCUT2D eigenvalue weighted by Gasteiger charge is -2.08. The summed E-state index contributed by atoms with van der Waals surface area (Å²) < 4.78 is 16.9. The first-order chi connectivity index (χ1) is 14.3. The van der Waals surface area contributed by atoms with Gasteiger partial charge in [0.15, 0.2) is 11.6 Å². The van der Waals surface area contributed by atoms with Crippen LogP contribution < -0.4 is 9.47 Å². The number of benzene rings is 1. The molecule has 5 nitrogen and oxygen atoms in total. The molecule has 0 saturated heterocycles. The number of allylic oxidation sites excluding steroid dienone is 1. The molecule has 0 fully saturated rings. The molecule has 0 amide bonds. The number of hydrogen-bond donors (Lipinski definition) is 0. The summed E-state index contributed by atoms with van der Waals surface area (Å²) in [6.45, 7) is 7.28. The van der Waals surface area contributed by atoms with Gasteiger partial charge in [-0.25, -0.2) is 9.97 Å². The zero-order valence-corrected chi connectivity index (χ0v) is 17.8. The number of aromatic nitrogens is 2. The molecule has 1 aromatic carbocycles. The van der Waals surface area contributed by atoms with Crippen LogP contribution in [0.3, 0.4) is 0 Å². The highest BCUT2D eigenvalue weighted by atomic mass is 16.5. The van der Waals surface area contributed by atoms with Crippen molar-refractivity contribution in [3.63, 3.8) is 0 Å². The Morgan fingerprint density at radius 1 is 0.724 bits per heavy atom. The summed E-state index contributed by atoms with van der Waals surface area (Å²) in [5.41, 5.74) is 0.958. The molecular formula is C24H34N2O3. The van der Waals surface area contributed by atoms with Crippen LogP contribution in [0.5, 0.6) is 11.5 Å². The Morgan fingerprint density at radius 2 is 1.41 bits per heavy atom. The Balaban J connectivity index is 1.70. The van der Waals surface area contributed by atoms with Gasteiger partial charge in [0.1, 0.15) is 5.75 Å². The van der Waals surface area contributed by atoms with Crippen LogP contribution in [0.1, 0.15) is 52.4 Å². The number of hydrogen-bond acceptors (Lipinski definition) is 5. The molecule has 0 aliphatic rings. The van der Waals surface area contributed by atoms with Crippen LogP contribution >= 0.6 is 0 Å². The normalized spacial score (nSPS) is 11.1. The Kier molecular flexibility index (Phi) is 11.5. The van der Waals surface area contributed by atoms with E-state index in [9.17, 15) is 0 Å². The summed E-state index contributed by atoms with van der Waals surface area (Å²) in [5.74, 6) is 2.24. The van der Waals surface area contributed by atoms with Crippen molar-refractivity contribution in [1.29, 1.82) is 0 Å². The molecule has 5 heteroatoms. The largest absolute Gasteiger partial charge is 0.494 e. The molecule has 29 heavy (non-hydrogen) atoms. The summed E-state index contributed by atoms with van der Waals surface area (Å²) in [6.07, 6.45) is 14.1.